The molecule has 1 aliphatic carbocycles. The van der Waals surface area contributed by atoms with E-state index in [-0.39, 0.29) is 0 Å². The zero-order chi connectivity index (χ0) is 14.2. The average Bonchev–Trinajstić information content (AvgIpc) is 2.96. The quantitative estimate of drug-likeness (QED) is 0.770. The lowest BCUT2D eigenvalue weighted by Crippen LogP contribution is -2.24. The molecule has 0 saturated heterocycles. The highest BCUT2D eigenvalue weighted by Gasteiger charge is 2.25. The van der Waals surface area contributed by atoms with E-state index in [4.69, 9.17) is 0 Å². The van der Waals surface area contributed by atoms with Crippen LogP contribution in [0.4, 0.5) is 11.6 Å². The number of nitrogens with one attached hydrogen (secondary N) is 2. The summed E-state index contributed by atoms with van der Waals surface area (Å²) in [4.78, 5) is 8.94. The maximum Gasteiger partial charge on any atom is 0.180 e. The largest absolute Gasteiger partial charge is 0.372 e. The highest BCUT2D eigenvalue weighted by atomic mass is 15.1. The van der Waals surface area contributed by atoms with Gasteiger partial charge in [0.1, 0.15) is 5.82 Å². The van der Waals surface area contributed by atoms with Crippen LogP contribution in [-0.4, -0.2) is 28.0 Å². The van der Waals surface area contributed by atoms with E-state index in [9.17, 15) is 0 Å². The molecule has 4 rings (SSSR count). The highest BCUT2D eigenvalue weighted by molar-refractivity contribution is 5.65. The van der Waals surface area contributed by atoms with E-state index in [1.54, 1.807) is 6.20 Å². The Kier molecular flexibility index (Phi) is 2.77. The molecule has 1 aromatic carbocycles. The summed E-state index contributed by atoms with van der Waals surface area (Å²) in [6.07, 6.45) is 6.80. The maximum atomic E-state index is 4.57. The standard InChI is InChI=1S/C16H17N5/c1-17-14-10-21-7-6-18-16(21)15(20-14)19-9-12-8-11-4-2-3-5-13(11)12/h2-7,10,12,17H,8-9H2,1H3,(H,19,20). The zero-order valence-electron chi connectivity index (χ0n) is 11.9. The number of hydrogen-bond acceptors (Lipinski definition) is 4. The Balaban J connectivity index is 1.57. The Hall–Kier alpha value is -2.56. The Labute approximate surface area is 123 Å². The zero-order valence-corrected chi connectivity index (χ0v) is 11.9. The third-order valence-electron chi connectivity index (χ3n) is 4.11. The van der Waals surface area contributed by atoms with Crippen LogP contribution in [0.15, 0.2) is 42.9 Å². The molecular formula is C16H17N5. The molecule has 5 heteroatoms. The Bertz CT molecular complexity index is 792. The normalized spacial score (nSPS) is 16.3. The van der Waals surface area contributed by atoms with E-state index in [0.29, 0.717) is 5.92 Å². The van der Waals surface area contributed by atoms with Crippen LogP contribution in [0.5, 0.6) is 0 Å². The van der Waals surface area contributed by atoms with Gasteiger partial charge in [-0.05, 0) is 17.5 Å². The summed E-state index contributed by atoms with van der Waals surface area (Å²) in [6.45, 7) is 0.889. The van der Waals surface area contributed by atoms with Gasteiger partial charge in [-0.2, -0.15) is 0 Å². The molecule has 21 heavy (non-hydrogen) atoms. The first-order chi connectivity index (χ1) is 10.3. The third-order valence-corrected chi connectivity index (χ3v) is 4.11. The molecule has 0 amide bonds. The fraction of sp³-hybridized carbons (Fsp3) is 0.250. The van der Waals surface area contributed by atoms with Crippen LogP contribution in [0.3, 0.4) is 0 Å². The van der Waals surface area contributed by atoms with Crippen molar-refractivity contribution in [1.29, 1.82) is 0 Å². The van der Waals surface area contributed by atoms with Crippen molar-refractivity contribution in [2.45, 2.75) is 12.3 Å². The van der Waals surface area contributed by atoms with Gasteiger partial charge in [-0.1, -0.05) is 24.3 Å². The minimum Gasteiger partial charge on any atom is -0.372 e. The lowest BCUT2D eigenvalue weighted by molar-refractivity contribution is 0.635. The number of aromatic nitrogens is 3. The molecule has 0 bridgehead atoms. The highest BCUT2D eigenvalue weighted by Crippen LogP contribution is 2.34. The van der Waals surface area contributed by atoms with Gasteiger partial charge in [0.15, 0.2) is 11.5 Å². The second-order valence-electron chi connectivity index (χ2n) is 5.36. The van der Waals surface area contributed by atoms with E-state index in [1.807, 2.05) is 23.8 Å². The first kappa shape index (κ1) is 12.2. The van der Waals surface area contributed by atoms with E-state index in [1.165, 1.54) is 11.1 Å². The van der Waals surface area contributed by atoms with Crippen molar-refractivity contribution in [3.05, 3.63) is 54.0 Å². The summed E-state index contributed by atoms with van der Waals surface area (Å²) in [5.74, 6) is 2.23. The molecule has 1 unspecified atom stereocenters. The predicted molar refractivity (Wildman–Crippen MR) is 83.9 cm³/mol. The lowest BCUT2D eigenvalue weighted by Gasteiger charge is -2.30. The van der Waals surface area contributed by atoms with Gasteiger partial charge < -0.3 is 15.0 Å². The number of imidazole rings is 1. The van der Waals surface area contributed by atoms with Gasteiger partial charge >= 0.3 is 0 Å². The molecule has 0 radical (unpaired) electrons. The van der Waals surface area contributed by atoms with E-state index >= 15 is 0 Å². The molecule has 5 nitrogen and oxygen atoms in total. The van der Waals surface area contributed by atoms with Crippen LogP contribution in [0.25, 0.3) is 5.65 Å². The van der Waals surface area contributed by atoms with Crippen LogP contribution in [-0.2, 0) is 6.42 Å². The molecule has 2 heterocycles. The van der Waals surface area contributed by atoms with Gasteiger partial charge in [-0.15, -0.1) is 0 Å². The Morgan fingerprint density at radius 1 is 1.33 bits per heavy atom. The fourth-order valence-electron chi connectivity index (χ4n) is 2.94. The third kappa shape index (κ3) is 2.01. The van der Waals surface area contributed by atoms with E-state index < -0.39 is 0 Å². The smallest absolute Gasteiger partial charge is 0.180 e. The second kappa shape index (κ2) is 4.77. The maximum absolute atomic E-state index is 4.57. The molecule has 0 fully saturated rings. The topological polar surface area (TPSA) is 54.2 Å². The number of fused-ring (bicyclic) bond motifs is 2. The SMILES string of the molecule is CNc1cn2ccnc2c(NCC2Cc3ccccc32)n1. The summed E-state index contributed by atoms with van der Waals surface area (Å²) in [6, 6.07) is 8.64. The number of nitrogens with zero attached hydrogens (tertiary/aromatic N) is 3. The number of rotatable bonds is 4. The summed E-state index contributed by atoms with van der Waals surface area (Å²) in [7, 11) is 1.87. The van der Waals surface area contributed by atoms with Gasteiger partial charge in [0.2, 0.25) is 0 Å². The fourth-order valence-corrected chi connectivity index (χ4v) is 2.94. The van der Waals surface area contributed by atoms with Crippen LogP contribution >= 0.6 is 0 Å². The molecule has 0 aliphatic heterocycles. The number of anilines is 2. The Morgan fingerprint density at radius 2 is 2.24 bits per heavy atom. The molecule has 3 aromatic rings. The summed E-state index contributed by atoms with van der Waals surface area (Å²) in [5.41, 5.74) is 3.78. The Morgan fingerprint density at radius 3 is 3.10 bits per heavy atom. The number of hydrogen-bond donors (Lipinski definition) is 2. The molecule has 1 aliphatic rings. The van der Waals surface area contributed by atoms with E-state index in [0.717, 1.165) is 30.2 Å². The number of benzene rings is 1. The molecule has 2 aromatic heterocycles. The van der Waals surface area contributed by atoms with Crippen molar-refractivity contribution in [3.8, 4) is 0 Å². The average molecular weight is 279 g/mol. The molecule has 0 spiro atoms. The van der Waals surface area contributed by atoms with Crippen molar-refractivity contribution >= 4 is 17.3 Å². The monoisotopic (exact) mass is 279 g/mol. The molecular weight excluding hydrogens is 262 g/mol. The minimum absolute atomic E-state index is 0.566. The van der Waals surface area contributed by atoms with Gasteiger partial charge in [0, 0.05) is 31.9 Å². The summed E-state index contributed by atoms with van der Waals surface area (Å²) in [5, 5.41) is 6.54. The minimum atomic E-state index is 0.566. The van der Waals surface area contributed by atoms with Crippen molar-refractivity contribution in [1.82, 2.24) is 14.4 Å². The molecule has 106 valence electrons. The van der Waals surface area contributed by atoms with Gasteiger partial charge in [0.25, 0.3) is 0 Å². The first-order valence-electron chi connectivity index (χ1n) is 7.18. The van der Waals surface area contributed by atoms with Crippen LogP contribution in [0.1, 0.15) is 17.0 Å². The van der Waals surface area contributed by atoms with Crippen LogP contribution < -0.4 is 10.6 Å². The van der Waals surface area contributed by atoms with Crippen molar-refractivity contribution in [2.24, 2.45) is 0 Å². The van der Waals surface area contributed by atoms with Crippen molar-refractivity contribution < 1.29 is 0 Å². The first-order valence-corrected chi connectivity index (χ1v) is 7.18. The van der Waals surface area contributed by atoms with Gasteiger partial charge in [0.05, 0.1) is 6.20 Å². The van der Waals surface area contributed by atoms with E-state index in [2.05, 4.69) is 44.9 Å². The van der Waals surface area contributed by atoms with Crippen molar-refractivity contribution in [2.75, 3.05) is 24.2 Å². The van der Waals surface area contributed by atoms with Crippen LogP contribution in [0, 0.1) is 0 Å². The van der Waals surface area contributed by atoms with Crippen molar-refractivity contribution in [3.63, 3.8) is 0 Å². The second-order valence-corrected chi connectivity index (χ2v) is 5.36. The lowest BCUT2D eigenvalue weighted by atomic mass is 9.78. The molecule has 1 atom stereocenters. The predicted octanol–water partition coefficient (Wildman–Crippen LogP) is 2.52. The molecule has 0 saturated carbocycles. The van der Waals surface area contributed by atoms with Gasteiger partial charge in [-0.3, -0.25) is 0 Å². The molecule has 2 N–H and O–H groups in total. The van der Waals surface area contributed by atoms with Gasteiger partial charge in [-0.25, -0.2) is 9.97 Å². The summed E-state index contributed by atoms with van der Waals surface area (Å²) < 4.78 is 1.98. The summed E-state index contributed by atoms with van der Waals surface area (Å²) >= 11 is 0. The van der Waals surface area contributed by atoms with Crippen LogP contribution in [0.2, 0.25) is 0 Å².